The fraction of sp³-hybridized carbons (Fsp3) is 0. The van der Waals surface area contributed by atoms with Crippen molar-refractivity contribution in [1.82, 2.24) is 9.97 Å². The SMILES string of the molecule is O=Cc1csc(-c2ccc(F)cn2)n1. The van der Waals surface area contributed by atoms with E-state index in [9.17, 15) is 9.18 Å². The number of aldehydes is 1. The molecule has 14 heavy (non-hydrogen) atoms. The smallest absolute Gasteiger partial charge is 0.169 e. The Morgan fingerprint density at radius 1 is 1.43 bits per heavy atom. The summed E-state index contributed by atoms with van der Waals surface area (Å²) in [6, 6.07) is 2.84. The molecule has 0 saturated carbocycles. The molecule has 0 atom stereocenters. The molecule has 2 aromatic rings. The van der Waals surface area contributed by atoms with Crippen LogP contribution in [0.25, 0.3) is 10.7 Å². The average molecular weight is 208 g/mol. The van der Waals surface area contributed by atoms with Gasteiger partial charge in [-0.15, -0.1) is 11.3 Å². The van der Waals surface area contributed by atoms with Crippen molar-refractivity contribution in [2.45, 2.75) is 0 Å². The molecule has 2 aromatic heterocycles. The first kappa shape index (κ1) is 8.96. The van der Waals surface area contributed by atoms with Crippen molar-refractivity contribution in [2.24, 2.45) is 0 Å². The van der Waals surface area contributed by atoms with Crippen LogP contribution in [0, 0.1) is 5.82 Å². The lowest BCUT2D eigenvalue weighted by molar-refractivity contribution is 0.111. The van der Waals surface area contributed by atoms with Crippen molar-refractivity contribution < 1.29 is 9.18 Å². The van der Waals surface area contributed by atoms with E-state index in [1.807, 2.05) is 0 Å². The van der Waals surface area contributed by atoms with Crippen LogP contribution in [0.1, 0.15) is 10.5 Å². The third-order valence-corrected chi connectivity index (χ3v) is 2.47. The number of hydrogen-bond acceptors (Lipinski definition) is 4. The van der Waals surface area contributed by atoms with Gasteiger partial charge in [-0.3, -0.25) is 9.78 Å². The second kappa shape index (κ2) is 3.63. The van der Waals surface area contributed by atoms with Gasteiger partial charge in [0, 0.05) is 5.38 Å². The van der Waals surface area contributed by atoms with Gasteiger partial charge in [-0.05, 0) is 12.1 Å². The number of aromatic nitrogens is 2. The Bertz CT molecular complexity index is 452. The molecule has 0 fully saturated rings. The number of carbonyl (C=O) groups is 1. The first-order chi connectivity index (χ1) is 6.79. The van der Waals surface area contributed by atoms with Crippen LogP contribution >= 0.6 is 11.3 Å². The fourth-order valence-corrected chi connectivity index (χ4v) is 1.70. The zero-order chi connectivity index (χ0) is 9.97. The molecule has 0 bridgehead atoms. The summed E-state index contributed by atoms with van der Waals surface area (Å²) >= 11 is 1.31. The van der Waals surface area contributed by atoms with Crippen molar-refractivity contribution in [2.75, 3.05) is 0 Å². The summed E-state index contributed by atoms with van der Waals surface area (Å²) in [7, 11) is 0. The Kier molecular flexibility index (Phi) is 2.32. The third kappa shape index (κ3) is 1.67. The third-order valence-electron chi connectivity index (χ3n) is 1.59. The monoisotopic (exact) mass is 208 g/mol. The minimum absolute atomic E-state index is 0.371. The summed E-state index contributed by atoms with van der Waals surface area (Å²) in [5, 5.41) is 2.25. The molecule has 2 rings (SSSR count). The molecule has 0 aromatic carbocycles. The summed E-state index contributed by atoms with van der Waals surface area (Å²) in [4.78, 5) is 18.2. The Labute approximate surface area is 83.3 Å². The zero-order valence-electron chi connectivity index (χ0n) is 6.98. The van der Waals surface area contributed by atoms with E-state index in [0.717, 1.165) is 6.20 Å². The van der Waals surface area contributed by atoms with Crippen molar-refractivity contribution in [3.8, 4) is 10.7 Å². The maximum atomic E-state index is 12.5. The highest BCUT2D eigenvalue weighted by Gasteiger charge is 2.04. The van der Waals surface area contributed by atoms with E-state index in [1.54, 1.807) is 5.38 Å². The highest BCUT2D eigenvalue weighted by molar-refractivity contribution is 7.13. The Balaban J connectivity index is 2.39. The molecule has 0 aliphatic rings. The lowest BCUT2D eigenvalue weighted by atomic mass is 10.3. The van der Waals surface area contributed by atoms with Gasteiger partial charge in [-0.2, -0.15) is 0 Å². The number of hydrogen-bond donors (Lipinski definition) is 0. The van der Waals surface area contributed by atoms with E-state index in [1.165, 1.54) is 23.5 Å². The summed E-state index contributed by atoms with van der Waals surface area (Å²) in [5.41, 5.74) is 0.945. The molecule has 0 saturated heterocycles. The van der Waals surface area contributed by atoms with E-state index in [0.29, 0.717) is 22.7 Å². The van der Waals surface area contributed by atoms with Gasteiger partial charge in [-0.1, -0.05) is 0 Å². The quantitative estimate of drug-likeness (QED) is 0.710. The highest BCUT2D eigenvalue weighted by atomic mass is 32.1. The van der Waals surface area contributed by atoms with Gasteiger partial charge in [0.1, 0.15) is 16.5 Å². The molecule has 0 aliphatic heterocycles. The maximum Gasteiger partial charge on any atom is 0.169 e. The van der Waals surface area contributed by atoms with Crippen molar-refractivity contribution in [1.29, 1.82) is 0 Å². The van der Waals surface area contributed by atoms with Crippen LogP contribution in [0.5, 0.6) is 0 Å². The van der Waals surface area contributed by atoms with Gasteiger partial charge in [0.25, 0.3) is 0 Å². The molecule has 0 aliphatic carbocycles. The molecule has 0 N–H and O–H groups in total. The minimum Gasteiger partial charge on any atom is -0.296 e. The molecule has 70 valence electrons. The standard InChI is InChI=1S/C9H5FN2OS/c10-6-1-2-8(11-3-6)9-12-7(4-13)5-14-9/h1-5H. The Morgan fingerprint density at radius 2 is 2.29 bits per heavy atom. The van der Waals surface area contributed by atoms with Gasteiger partial charge < -0.3 is 0 Å². The summed E-state index contributed by atoms with van der Waals surface area (Å²) in [6.07, 6.45) is 1.79. The topological polar surface area (TPSA) is 42.9 Å². The Morgan fingerprint density at radius 3 is 2.86 bits per heavy atom. The molecule has 0 unspecified atom stereocenters. The van der Waals surface area contributed by atoms with Gasteiger partial charge in [0.15, 0.2) is 6.29 Å². The minimum atomic E-state index is -0.388. The molecule has 0 spiro atoms. The van der Waals surface area contributed by atoms with E-state index < -0.39 is 0 Å². The normalized spacial score (nSPS) is 10.1. The van der Waals surface area contributed by atoms with Gasteiger partial charge >= 0.3 is 0 Å². The van der Waals surface area contributed by atoms with E-state index in [4.69, 9.17) is 0 Å². The van der Waals surface area contributed by atoms with Crippen LogP contribution in [-0.2, 0) is 0 Å². The number of nitrogens with zero attached hydrogens (tertiary/aromatic N) is 2. The first-order valence-electron chi connectivity index (χ1n) is 3.82. The predicted molar refractivity (Wildman–Crippen MR) is 50.7 cm³/mol. The van der Waals surface area contributed by atoms with Gasteiger partial charge in [0.2, 0.25) is 0 Å². The van der Waals surface area contributed by atoms with Gasteiger partial charge in [-0.25, -0.2) is 9.37 Å². The highest BCUT2D eigenvalue weighted by Crippen LogP contribution is 2.20. The number of pyridine rings is 1. The van der Waals surface area contributed by atoms with Crippen LogP contribution in [0.2, 0.25) is 0 Å². The van der Waals surface area contributed by atoms with E-state index >= 15 is 0 Å². The number of carbonyl (C=O) groups excluding carboxylic acids is 1. The zero-order valence-corrected chi connectivity index (χ0v) is 7.79. The van der Waals surface area contributed by atoms with Crippen LogP contribution in [-0.4, -0.2) is 16.3 Å². The first-order valence-corrected chi connectivity index (χ1v) is 4.70. The predicted octanol–water partition coefficient (Wildman–Crippen LogP) is 2.16. The summed E-state index contributed by atoms with van der Waals surface area (Å²) < 4.78 is 12.5. The molecule has 0 radical (unpaired) electrons. The van der Waals surface area contributed by atoms with Crippen molar-refractivity contribution in [3.63, 3.8) is 0 Å². The Hall–Kier alpha value is -1.62. The molecular formula is C9H5FN2OS. The maximum absolute atomic E-state index is 12.5. The van der Waals surface area contributed by atoms with Crippen molar-refractivity contribution in [3.05, 3.63) is 35.2 Å². The molecule has 0 amide bonds. The lowest BCUT2D eigenvalue weighted by Crippen LogP contribution is -1.84. The summed E-state index contributed by atoms with van der Waals surface area (Å²) in [6.45, 7) is 0. The van der Waals surface area contributed by atoms with Gasteiger partial charge in [0.05, 0.1) is 11.9 Å². The average Bonchev–Trinajstić information content (AvgIpc) is 2.67. The molecule has 3 nitrogen and oxygen atoms in total. The number of rotatable bonds is 2. The largest absolute Gasteiger partial charge is 0.296 e. The van der Waals surface area contributed by atoms with Crippen LogP contribution in [0.3, 0.4) is 0 Å². The lowest BCUT2D eigenvalue weighted by Gasteiger charge is -1.93. The summed E-state index contributed by atoms with van der Waals surface area (Å²) in [5.74, 6) is -0.388. The van der Waals surface area contributed by atoms with Crippen LogP contribution in [0.15, 0.2) is 23.7 Å². The fourth-order valence-electron chi connectivity index (χ4n) is 0.960. The second-order valence-corrected chi connectivity index (χ2v) is 3.42. The van der Waals surface area contributed by atoms with Crippen LogP contribution < -0.4 is 0 Å². The van der Waals surface area contributed by atoms with E-state index in [2.05, 4.69) is 9.97 Å². The number of halogens is 1. The second-order valence-electron chi connectivity index (χ2n) is 2.56. The molecule has 2 heterocycles. The molecule has 5 heteroatoms. The number of thiazole rings is 1. The van der Waals surface area contributed by atoms with E-state index in [-0.39, 0.29) is 5.82 Å². The van der Waals surface area contributed by atoms with Crippen molar-refractivity contribution >= 4 is 17.6 Å². The molecular weight excluding hydrogens is 203 g/mol. The van der Waals surface area contributed by atoms with Crippen LogP contribution in [0.4, 0.5) is 4.39 Å².